The average molecular weight is 774 g/mol. The maximum atomic E-state index is 15.2. The van der Waals surface area contributed by atoms with Gasteiger partial charge in [0.1, 0.15) is 17.2 Å². The maximum Gasteiger partial charge on any atom is 0.449 e. The molecule has 0 fully saturated rings. The summed E-state index contributed by atoms with van der Waals surface area (Å²) < 4.78 is 247. The molecule has 1 spiro atoms. The summed E-state index contributed by atoms with van der Waals surface area (Å²) in [5.74, 6) is -6.43. The molecule has 0 saturated carbocycles. The summed E-state index contributed by atoms with van der Waals surface area (Å²) >= 11 is 0. The SMILES string of the molecule is CN1c2ccccc2C(C)(C)C12C=Nc1c(ccc3ccc(OC(=C(C(F)(C(F)(F)F)C(F)(F)F)C(F)(C(F)(F)F)C(F)(F)F)C(F)(F)F)cc13)O2. The van der Waals surface area contributed by atoms with Crippen LogP contribution in [0.2, 0.25) is 0 Å². The highest BCUT2D eigenvalue weighted by molar-refractivity contribution is 6.00. The zero-order chi connectivity index (χ0) is 39.5. The van der Waals surface area contributed by atoms with Crippen LogP contribution in [0.3, 0.4) is 0 Å². The van der Waals surface area contributed by atoms with Gasteiger partial charge in [-0.05, 0) is 49.1 Å². The Morgan fingerprint density at radius 1 is 0.692 bits per heavy atom. The Morgan fingerprint density at radius 2 is 1.19 bits per heavy atom. The van der Waals surface area contributed by atoms with E-state index in [0.29, 0.717) is 11.8 Å². The van der Waals surface area contributed by atoms with Crippen LogP contribution in [-0.2, 0) is 5.41 Å². The van der Waals surface area contributed by atoms with Crippen molar-refractivity contribution in [2.75, 3.05) is 11.9 Å². The van der Waals surface area contributed by atoms with Gasteiger partial charge in [0.25, 0.3) is 0 Å². The Balaban J connectivity index is 1.77. The molecule has 3 aromatic carbocycles. The maximum absolute atomic E-state index is 15.2. The first kappa shape index (κ1) is 38.8. The number of benzene rings is 3. The van der Waals surface area contributed by atoms with Gasteiger partial charge in [-0.15, -0.1) is 0 Å². The molecule has 0 amide bonds. The molecule has 0 aromatic heterocycles. The van der Waals surface area contributed by atoms with Gasteiger partial charge < -0.3 is 14.4 Å². The van der Waals surface area contributed by atoms with Gasteiger partial charge in [-0.3, -0.25) is 4.99 Å². The number of ether oxygens (including phenoxy) is 2. The molecular formula is C31H19F17N2O2. The number of alkyl halides is 17. The highest BCUT2D eigenvalue weighted by Gasteiger charge is 2.88. The van der Waals surface area contributed by atoms with Gasteiger partial charge in [-0.2, -0.15) is 65.9 Å². The van der Waals surface area contributed by atoms with Crippen molar-refractivity contribution >= 4 is 28.4 Å². The van der Waals surface area contributed by atoms with Crippen molar-refractivity contribution in [2.45, 2.75) is 67.2 Å². The van der Waals surface area contributed by atoms with Crippen LogP contribution in [0.15, 0.2) is 70.9 Å². The minimum Gasteiger partial charge on any atom is -0.459 e. The van der Waals surface area contributed by atoms with Crippen LogP contribution in [-0.4, -0.2) is 61.2 Å². The van der Waals surface area contributed by atoms with Gasteiger partial charge in [0.2, 0.25) is 11.5 Å². The van der Waals surface area contributed by atoms with Crippen molar-refractivity contribution in [1.29, 1.82) is 0 Å². The molecule has 5 rings (SSSR count). The van der Waals surface area contributed by atoms with Crippen molar-refractivity contribution in [3.05, 3.63) is 71.5 Å². The Morgan fingerprint density at radius 3 is 1.67 bits per heavy atom. The second-order valence-electron chi connectivity index (χ2n) is 12.2. The number of halogens is 17. The van der Waals surface area contributed by atoms with E-state index in [4.69, 9.17) is 4.74 Å². The second kappa shape index (κ2) is 11.3. The summed E-state index contributed by atoms with van der Waals surface area (Å²) in [6, 6.07) is 10.8. The van der Waals surface area contributed by atoms with Crippen LogP contribution in [0.25, 0.3) is 10.8 Å². The van der Waals surface area contributed by atoms with Gasteiger partial charge in [0, 0.05) is 18.1 Å². The molecule has 0 bridgehead atoms. The molecule has 52 heavy (non-hydrogen) atoms. The number of aliphatic imine (C=N–C) groups is 1. The predicted octanol–water partition coefficient (Wildman–Crippen LogP) is 10.9. The molecule has 4 nitrogen and oxygen atoms in total. The molecule has 0 radical (unpaired) electrons. The molecule has 2 aliphatic heterocycles. The fourth-order valence-corrected chi connectivity index (χ4v) is 6.22. The standard InChI is InChI=1S/C31H19F17N2O2/c1-23(2)17-6-4-5-7-18(17)50(3)24(23)13-49-20-16-12-15(10-8-14(16)9-11-19(20)52-24)51-22(27(34,35)36)21(25(32,28(37,38)39)29(40,41)42)26(33,30(43,44)45)31(46,47)48/h4-13H,1-3H3. The number of para-hydroxylation sites is 1. The highest BCUT2D eigenvalue weighted by atomic mass is 19.4. The summed E-state index contributed by atoms with van der Waals surface area (Å²) in [6.07, 6.45) is -38.5. The number of hydrogen-bond donors (Lipinski definition) is 0. The molecule has 3 aromatic rings. The smallest absolute Gasteiger partial charge is 0.449 e. The van der Waals surface area contributed by atoms with Gasteiger partial charge in [-0.25, -0.2) is 8.78 Å². The van der Waals surface area contributed by atoms with Crippen molar-refractivity contribution in [3.63, 3.8) is 0 Å². The first-order chi connectivity index (χ1) is 23.4. The molecule has 0 saturated heterocycles. The third-order valence-electron chi connectivity index (χ3n) is 8.85. The summed E-state index contributed by atoms with van der Waals surface area (Å²) in [5, 5.41) is -0.463. The lowest BCUT2D eigenvalue weighted by Crippen LogP contribution is -2.67. The van der Waals surface area contributed by atoms with E-state index in [0.717, 1.165) is 11.6 Å². The summed E-state index contributed by atoms with van der Waals surface area (Å²) in [5.41, 5.74) is -23.2. The Hall–Kier alpha value is -4.46. The summed E-state index contributed by atoms with van der Waals surface area (Å²) in [6.45, 7) is 3.53. The Bertz CT molecular complexity index is 1900. The normalized spacial score (nSPS) is 19.4. The van der Waals surface area contributed by atoms with Crippen molar-refractivity contribution < 1.29 is 84.1 Å². The molecule has 2 heterocycles. The van der Waals surface area contributed by atoms with Crippen LogP contribution in [0.5, 0.6) is 11.5 Å². The number of hydrogen-bond acceptors (Lipinski definition) is 4. The van der Waals surface area contributed by atoms with Gasteiger partial charge in [-0.1, -0.05) is 30.3 Å². The Kier molecular flexibility index (Phi) is 8.40. The van der Waals surface area contributed by atoms with Crippen molar-refractivity contribution in [2.24, 2.45) is 4.99 Å². The molecule has 2 aliphatic rings. The lowest BCUT2D eigenvalue weighted by molar-refractivity contribution is -0.365. The Labute approximate surface area is 280 Å². The third kappa shape index (κ3) is 5.30. The third-order valence-corrected chi connectivity index (χ3v) is 8.85. The first-order valence-corrected chi connectivity index (χ1v) is 14.2. The van der Waals surface area contributed by atoms with Gasteiger partial charge >= 0.3 is 42.2 Å². The van der Waals surface area contributed by atoms with E-state index in [9.17, 15) is 65.9 Å². The minimum absolute atomic E-state index is 0.0428. The molecule has 1 atom stereocenters. The number of nitrogens with zero attached hydrogens (tertiary/aromatic N) is 2. The van der Waals surface area contributed by atoms with Crippen LogP contribution in [0.4, 0.5) is 86.0 Å². The number of anilines is 1. The van der Waals surface area contributed by atoms with E-state index >= 15 is 8.78 Å². The number of fused-ring (bicyclic) bond motifs is 4. The number of allylic oxidation sites excluding steroid dienone is 2. The van der Waals surface area contributed by atoms with E-state index in [-0.39, 0.29) is 22.9 Å². The fourth-order valence-electron chi connectivity index (χ4n) is 6.22. The molecule has 0 N–H and O–H groups in total. The quantitative estimate of drug-likeness (QED) is 0.196. The topological polar surface area (TPSA) is 34.1 Å². The molecule has 21 heteroatoms. The van der Waals surface area contributed by atoms with Crippen LogP contribution < -0.4 is 14.4 Å². The largest absolute Gasteiger partial charge is 0.459 e. The second-order valence-corrected chi connectivity index (χ2v) is 12.2. The number of likely N-dealkylation sites (N-methyl/N-ethyl adjacent to an activating group) is 1. The van der Waals surface area contributed by atoms with E-state index in [1.54, 1.807) is 50.1 Å². The lowest BCUT2D eigenvalue weighted by Gasteiger charge is -2.45. The summed E-state index contributed by atoms with van der Waals surface area (Å²) in [7, 11) is 1.62. The number of rotatable bonds is 4. The van der Waals surface area contributed by atoms with Crippen LogP contribution >= 0.6 is 0 Å². The van der Waals surface area contributed by atoms with E-state index in [1.807, 2.05) is 0 Å². The fraction of sp³-hybridized carbons (Fsp3) is 0.387. The molecular weight excluding hydrogens is 755 g/mol. The van der Waals surface area contributed by atoms with Crippen LogP contribution in [0, 0.1) is 0 Å². The molecule has 284 valence electrons. The monoisotopic (exact) mass is 774 g/mol. The summed E-state index contributed by atoms with van der Waals surface area (Å²) in [4.78, 5) is 5.98. The van der Waals surface area contributed by atoms with Gasteiger partial charge in [0.15, 0.2) is 0 Å². The van der Waals surface area contributed by atoms with E-state index in [1.165, 1.54) is 18.3 Å². The highest BCUT2D eigenvalue weighted by Crippen LogP contribution is 2.63. The van der Waals surface area contributed by atoms with Gasteiger partial charge in [0.05, 0.1) is 17.2 Å². The first-order valence-electron chi connectivity index (χ1n) is 14.2. The average Bonchev–Trinajstić information content (AvgIpc) is 3.15. The minimum atomic E-state index is -8.29. The van der Waals surface area contributed by atoms with Crippen LogP contribution in [0.1, 0.15) is 19.4 Å². The van der Waals surface area contributed by atoms with E-state index < -0.39 is 75.8 Å². The molecule has 1 unspecified atom stereocenters. The van der Waals surface area contributed by atoms with Crippen molar-refractivity contribution in [1.82, 2.24) is 0 Å². The molecule has 0 aliphatic carbocycles. The van der Waals surface area contributed by atoms with Crippen molar-refractivity contribution in [3.8, 4) is 11.5 Å². The predicted molar refractivity (Wildman–Crippen MR) is 149 cm³/mol. The van der Waals surface area contributed by atoms with E-state index in [2.05, 4.69) is 9.73 Å². The zero-order valence-electron chi connectivity index (χ0n) is 25.9. The lowest BCUT2D eigenvalue weighted by atomic mass is 9.77. The zero-order valence-corrected chi connectivity index (χ0v) is 25.9.